The van der Waals surface area contributed by atoms with Crippen molar-refractivity contribution in [3.8, 4) is 5.75 Å². The van der Waals surface area contributed by atoms with Gasteiger partial charge in [-0.2, -0.15) is 0 Å². The molecule has 0 aromatic heterocycles. The van der Waals surface area contributed by atoms with Crippen LogP contribution in [0.1, 0.15) is 18.1 Å². The predicted octanol–water partition coefficient (Wildman–Crippen LogP) is 1.82. The van der Waals surface area contributed by atoms with Crippen molar-refractivity contribution in [1.82, 2.24) is 5.32 Å². The first-order valence-electron chi connectivity index (χ1n) is 4.86. The Morgan fingerprint density at radius 3 is 2.73 bits per heavy atom. The third kappa shape index (κ3) is 3.38. The second kappa shape index (κ2) is 5.35. The van der Waals surface area contributed by atoms with E-state index in [2.05, 4.69) is 5.32 Å². The number of hydrogen-bond donors (Lipinski definition) is 3. The largest absolute Gasteiger partial charge is 0.507 e. The Morgan fingerprint density at radius 1 is 1.47 bits per heavy atom. The van der Waals surface area contributed by atoms with Crippen LogP contribution in [-0.4, -0.2) is 22.9 Å². The molecule has 1 rings (SSSR count). The van der Waals surface area contributed by atoms with E-state index in [0.717, 1.165) is 11.1 Å². The molecule has 0 heterocycles. The normalized spacial score (nSPS) is 12.8. The zero-order chi connectivity index (χ0) is 11.4. The molecule has 0 spiro atoms. The molecular weight excluding hydrogens is 214 g/mol. The van der Waals surface area contributed by atoms with Crippen LogP contribution in [0.3, 0.4) is 0 Å². The molecule has 0 aliphatic carbocycles. The van der Waals surface area contributed by atoms with Gasteiger partial charge in [0.05, 0.1) is 6.61 Å². The van der Waals surface area contributed by atoms with E-state index in [-0.39, 0.29) is 18.4 Å². The van der Waals surface area contributed by atoms with Crippen molar-refractivity contribution in [2.45, 2.75) is 26.4 Å². The van der Waals surface area contributed by atoms with Crippen LogP contribution in [-0.2, 0) is 6.54 Å². The number of aryl methyl sites for hydroxylation is 1. The molecule has 0 aliphatic rings. The van der Waals surface area contributed by atoms with E-state index < -0.39 is 0 Å². The molecule has 1 atom stereocenters. The smallest absolute Gasteiger partial charge is 0.123 e. The molecule has 0 aliphatic heterocycles. The van der Waals surface area contributed by atoms with Gasteiger partial charge in [0.2, 0.25) is 0 Å². The van der Waals surface area contributed by atoms with Crippen LogP contribution in [0.5, 0.6) is 5.75 Å². The highest BCUT2D eigenvalue weighted by Crippen LogP contribution is 2.26. The number of benzene rings is 1. The topological polar surface area (TPSA) is 52.5 Å². The highest BCUT2D eigenvalue weighted by Gasteiger charge is 2.07. The summed E-state index contributed by atoms with van der Waals surface area (Å²) in [5.74, 6) is 0.261. The zero-order valence-corrected chi connectivity index (χ0v) is 9.67. The van der Waals surface area contributed by atoms with Crippen molar-refractivity contribution in [3.05, 3.63) is 28.3 Å². The number of nitrogens with one attached hydrogen (secondary N) is 1. The van der Waals surface area contributed by atoms with Gasteiger partial charge in [-0.15, -0.1) is 0 Å². The molecule has 0 saturated heterocycles. The average molecular weight is 230 g/mol. The lowest BCUT2D eigenvalue weighted by Gasteiger charge is -2.13. The molecule has 1 aromatic rings. The van der Waals surface area contributed by atoms with Gasteiger partial charge in [-0.3, -0.25) is 0 Å². The van der Waals surface area contributed by atoms with E-state index in [1.165, 1.54) is 0 Å². The fourth-order valence-electron chi connectivity index (χ4n) is 1.29. The van der Waals surface area contributed by atoms with Gasteiger partial charge < -0.3 is 15.5 Å². The summed E-state index contributed by atoms with van der Waals surface area (Å²) < 4.78 is 0. The molecule has 84 valence electrons. The number of aromatic hydroxyl groups is 1. The maximum atomic E-state index is 9.75. The number of hydrogen-bond acceptors (Lipinski definition) is 3. The summed E-state index contributed by atoms with van der Waals surface area (Å²) in [6.45, 7) is 4.24. The maximum absolute atomic E-state index is 9.75. The summed E-state index contributed by atoms with van der Waals surface area (Å²) in [7, 11) is 0. The van der Waals surface area contributed by atoms with Gasteiger partial charge in [0, 0.05) is 23.2 Å². The molecule has 0 fully saturated rings. The van der Waals surface area contributed by atoms with E-state index >= 15 is 0 Å². The molecular formula is C11H16ClNO2. The Labute approximate surface area is 94.7 Å². The lowest BCUT2D eigenvalue weighted by molar-refractivity contribution is 0.250. The molecule has 4 heteroatoms. The summed E-state index contributed by atoms with van der Waals surface area (Å²) in [6.07, 6.45) is 0. The number of phenolic OH excluding ortho intramolecular Hbond substituents is 1. The van der Waals surface area contributed by atoms with Crippen molar-refractivity contribution in [2.24, 2.45) is 0 Å². The number of rotatable bonds is 4. The maximum Gasteiger partial charge on any atom is 0.123 e. The minimum atomic E-state index is 0.00341. The first-order chi connectivity index (χ1) is 7.04. The van der Waals surface area contributed by atoms with Crippen LogP contribution in [0.15, 0.2) is 12.1 Å². The molecule has 0 amide bonds. The Kier molecular flexibility index (Phi) is 4.39. The number of aliphatic hydroxyl groups excluding tert-OH is 1. The van der Waals surface area contributed by atoms with E-state index in [1.807, 2.05) is 6.92 Å². The average Bonchev–Trinajstić information content (AvgIpc) is 2.20. The predicted molar refractivity (Wildman–Crippen MR) is 61.2 cm³/mol. The molecule has 3 nitrogen and oxygen atoms in total. The van der Waals surface area contributed by atoms with Gasteiger partial charge >= 0.3 is 0 Å². The summed E-state index contributed by atoms with van der Waals surface area (Å²) in [5.41, 5.74) is 1.51. The third-order valence-corrected chi connectivity index (χ3v) is 2.48. The molecule has 1 aromatic carbocycles. The Bertz CT molecular complexity index is 342. The molecule has 3 N–H and O–H groups in total. The highest BCUT2D eigenvalue weighted by atomic mass is 35.5. The SMILES string of the molecule is Cc1cc(Cl)cc(CN[C@@H](C)CO)c1O. The van der Waals surface area contributed by atoms with E-state index in [9.17, 15) is 5.11 Å². The van der Waals surface area contributed by atoms with Crippen LogP contribution in [0.25, 0.3) is 0 Å². The second-order valence-electron chi connectivity index (χ2n) is 3.69. The molecule has 0 bridgehead atoms. The third-order valence-electron chi connectivity index (χ3n) is 2.26. The lowest BCUT2D eigenvalue weighted by Crippen LogP contribution is -2.28. The monoisotopic (exact) mass is 229 g/mol. The molecule has 0 saturated carbocycles. The van der Waals surface area contributed by atoms with E-state index in [1.54, 1.807) is 19.1 Å². The van der Waals surface area contributed by atoms with Crippen molar-refractivity contribution in [3.63, 3.8) is 0 Å². The van der Waals surface area contributed by atoms with E-state index in [4.69, 9.17) is 16.7 Å². The molecule has 0 unspecified atom stereocenters. The van der Waals surface area contributed by atoms with Gasteiger partial charge in [0.15, 0.2) is 0 Å². The first kappa shape index (κ1) is 12.3. The number of halogens is 1. The Morgan fingerprint density at radius 2 is 2.13 bits per heavy atom. The van der Waals surface area contributed by atoms with Crippen molar-refractivity contribution in [1.29, 1.82) is 0 Å². The highest BCUT2D eigenvalue weighted by molar-refractivity contribution is 6.30. The van der Waals surface area contributed by atoms with Gasteiger partial charge in [-0.1, -0.05) is 11.6 Å². The Balaban J connectivity index is 2.76. The summed E-state index contributed by atoms with van der Waals surface area (Å²) in [5, 5.41) is 22.3. The van der Waals surface area contributed by atoms with Gasteiger partial charge in [0.1, 0.15) is 5.75 Å². The first-order valence-corrected chi connectivity index (χ1v) is 5.24. The van der Waals surface area contributed by atoms with Crippen LogP contribution in [0.4, 0.5) is 0 Å². The van der Waals surface area contributed by atoms with Crippen LogP contribution < -0.4 is 5.32 Å². The van der Waals surface area contributed by atoms with Gasteiger partial charge in [-0.25, -0.2) is 0 Å². The Hall–Kier alpha value is -0.770. The standard InChI is InChI=1S/C11H16ClNO2/c1-7-3-10(12)4-9(11(7)15)5-13-8(2)6-14/h3-4,8,13-15H,5-6H2,1-2H3/t8-/m0/s1. The lowest BCUT2D eigenvalue weighted by atomic mass is 10.1. The van der Waals surface area contributed by atoms with E-state index in [0.29, 0.717) is 11.6 Å². The molecule has 15 heavy (non-hydrogen) atoms. The summed E-state index contributed by atoms with van der Waals surface area (Å²) in [6, 6.07) is 3.44. The van der Waals surface area contributed by atoms with Crippen molar-refractivity contribution < 1.29 is 10.2 Å². The number of phenols is 1. The zero-order valence-electron chi connectivity index (χ0n) is 8.92. The van der Waals surface area contributed by atoms with Crippen LogP contribution >= 0.6 is 11.6 Å². The minimum Gasteiger partial charge on any atom is -0.507 e. The number of aliphatic hydroxyl groups is 1. The van der Waals surface area contributed by atoms with Gasteiger partial charge in [-0.05, 0) is 31.5 Å². The fourth-order valence-corrected chi connectivity index (χ4v) is 1.58. The summed E-state index contributed by atoms with van der Waals surface area (Å²) >= 11 is 5.88. The molecule has 0 radical (unpaired) electrons. The van der Waals surface area contributed by atoms with Crippen molar-refractivity contribution >= 4 is 11.6 Å². The van der Waals surface area contributed by atoms with Crippen molar-refractivity contribution in [2.75, 3.05) is 6.61 Å². The van der Waals surface area contributed by atoms with Crippen LogP contribution in [0.2, 0.25) is 5.02 Å². The quantitative estimate of drug-likeness (QED) is 0.738. The minimum absolute atomic E-state index is 0.00341. The second-order valence-corrected chi connectivity index (χ2v) is 4.13. The fraction of sp³-hybridized carbons (Fsp3) is 0.455. The van der Waals surface area contributed by atoms with Crippen LogP contribution in [0, 0.1) is 6.92 Å². The van der Waals surface area contributed by atoms with Gasteiger partial charge in [0.25, 0.3) is 0 Å². The summed E-state index contributed by atoms with van der Waals surface area (Å²) in [4.78, 5) is 0.